The minimum absolute atomic E-state index is 0.214. The molecule has 0 radical (unpaired) electrons. The van der Waals surface area contributed by atoms with Crippen LogP contribution in [0.5, 0.6) is 5.75 Å². The van der Waals surface area contributed by atoms with Crippen LogP contribution in [0.25, 0.3) is 11.0 Å². The first-order chi connectivity index (χ1) is 11.0. The Labute approximate surface area is 134 Å². The van der Waals surface area contributed by atoms with E-state index in [1.165, 1.54) is 0 Å². The molecule has 0 atom stereocenters. The van der Waals surface area contributed by atoms with Crippen LogP contribution < -0.4 is 4.74 Å². The van der Waals surface area contributed by atoms with Crippen molar-refractivity contribution in [2.45, 2.75) is 18.9 Å². The van der Waals surface area contributed by atoms with E-state index in [2.05, 4.69) is 10.3 Å². The zero-order chi connectivity index (χ0) is 16.4. The Kier molecular flexibility index (Phi) is 4.49. The van der Waals surface area contributed by atoms with Gasteiger partial charge in [0.1, 0.15) is 11.3 Å². The van der Waals surface area contributed by atoms with Gasteiger partial charge in [0.15, 0.2) is 0 Å². The van der Waals surface area contributed by atoms with E-state index < -0.39 is 16.0 Å². The van der Waals surface area contributed by atoms with Crippen LogP contribution in [0.4, 0.5) is 3.89 Å². The predicted octanol–water partition coefficient (Wildman–Crippen LogP) is 1.38. The maximum absolute atomic E-state index is 12.6. The molecule has 0 N–H and O–H groups in total. The van der Waals surface area contributed by atoms with Crippen molar-refractivity contribution in [3.63, 3.8) is 0 Å². The summed E-state index contributed by atoms with van der Waals surface area (Å²) in [6, 6.07) is 5.88. The Bertz CT molecular complexity index is 784. The molecule has 1 fully saturated rings. The Morgan fingerprint density at radius 3 is 2.74 bits per heavy atom. The fourth-order valence-electron chi connectivity index (χ4n) is 2.94. The minimum Gasteiger partial charge on any atom is -0.497 e. The molecule has 1 aromatic carbocycles. The number of hydrogen-bond donors (Lipinski definition) is 0. The van der Waals surface area contributed by atoms with E-state index in [1.807, 2.05) is 27.8 Å². The highest BCUT2D eigenvalue weighted by molar-refractivity contribution is 7.86. The van der Waals surface area contributed by atoms with Crippen molar-refractivity contribution < 1.29 is 17.0 Å². The van der Waals surface area contributed by atoms with Gasteiger partial charge in [-0.1, -0.05) is 5.21 Å². The van der Waals surface area contributed by atoms with Crippen LogP contribution in [0.3, 0.4) is 0 Å². The first kappa shape index (κ1) is 16.1. The highest BCUT2D eigenvalue weighted by Gasteiger charge is 2.23. The third-order valence-corrected chi connectivity index (χ3v) is 4.90. The van der Waals surface area contributed by atoms with Crippen molar-refractivity contribution in [2.24, 2.45) is 0 Å². The van der Waals surface area contributed by atoms with Crippen LogP contribution in [0, 0.1) is 0 Å². The van der Waals surface area contributed by atoms with E-state index in [-0.39, 0.29) is 12.6 Å². The second kappa shape index (κ2) is 6.40. The second-order valence-electron chi connectivity index (χ2n) is 5.70. The summed E-state index contributed by atoms with van der Waals surface area (Å²) in [4.78, 5) is 1.97. The molecular weight excluding hydrogens is 323 g/mol. The number of piperidine rings is 1. The molecule has 2 heterocycles. The lowest BCUT2D eigenvalue weighted by Gasteiger charge is -2.31. The third-order valence-electron chi connectivity index (χ3n) is 4.23. The number of likely N-dealkylation sites (tertiary alicyclic amines) is 1. The average molecular weight is 342 g/mol. The van der Waals surface area contributed by atoms with Gasteiger partial charge in [0.05, 0.1) is 24.4 Å². The van der Waals surface area contributed by atoms with Crippen molar-refractivity contribution in [1.29, 1.82) is 0 Å². The van der Waals surface area contributed by atoms with Crippen LogP contribution in [0.1, 0.15) is 18.9 Å². The van der Waals surface area contributed by atoms with E-state index in [1.54, 1.807) is 7.11 Å². The summed E-state index contributed by atoms with van der Waals surface area (Å²) in [5.74, 6) is 0.302. The lowest BCUT2D eigenvalue weighted by Crippen LogP contribution is -2.37. The summed E-state index contributed by atoms with van der Waals surface area (Å²) >= 11 is 0. The normalized spacial score (nSPS) is 17.7. The Balaban J connectivity index is 1.66. The average Bonchev–Trinajstić information content (AvgIpc) is 2.95. The number of ether oxygens (including phenoxy) is 1. The Hall–Kier alpha value is -1.74. The quantitative estimate of drug-likeness (QED) is 0.764. The van der Waals surface area contributed by atoms with Gasteiger partial charge in [0.25, 0.3) is 0 Å². The molecule has 1 saturated heterocycles. The van der Waals surface area contributed by atoms with Crippen molar-refractivity contribution in [3.8, 4) is 5.75 Å². The number of hydrogen-bond acceptors (Lipinski definition) is 6. The van der Waals surface area contributed by atoms with Gasteiger partial charge < -0.3 is 9.64 Å². The SMILES string of the molecule is COc1ccc2c(c1)nnn2C1CCN(CCS(=O)(=O)F)CC1. The molecule has 1 aliphatic heterocycles. The Morgan fingerprint density at radius 2 is 2.09 bits per heavy atom. The van der Waals surface area contributed by atoms with Crippen LogP contribution in [-0.2, 0) is 10.2 Å². The first-order valence-electron chi connectivity index (χ1n) is 7.50. The number of nitrogens with zero attached hydrogens (tertiary/aromatic N) is 4. The van der Waals surface area contributed by atoms with Gasteiger partial charge >= 0.3 is 10.2 Å². The lowest BCUT2D eigenvalue weighted by molar-refractivity contribution is 0.189. The van der Waals surface area contributed by atoms with Crippen LogP contribution in [0.15, 0.2) is 18.2 Å². The van der Waals surface area contributed by atoms with Gasteiger partial charge in [-0.2, -0.15) is 8.42 Å². The summed E-state index contributed by atoms with van der Waals surface area (Å²) in [5, 5.41) is 8.42. The molecule has 126 valence electrons. The zero-order valence-corrected chi connectivity index (χ0v) is 13.7. The summed E-state index contributed by atoms with van der Waals surface area (Å²) in [5.41, 5.74) is 1.74. The topological polar surface area (TPSA) is 77.3 Å². The second-order valence-corrected chi connectivity index (χ2v) is 7.19. The molecule has 0 aliphatic carbocycles. The smallest absolute Gasteiger partial charge is 0.303 e. The standard InChI is InChI=1S/C14H19FN4O3S/c1-22-12-2-3-14-13(10-12)16-17-19(14)11-4-6-18(7-5-11)8-9-23(15,20)21/h2-3,10-11H,4-9H2,1H3. The van der Waals surface area contributed by atoms with E-state index in [4.69, 9.17) is 4.74 Å². The van der Waals surface area contributed by atoms with Gasteiger partial charge in [-0.25, -0.2) is 4.68 Å². The van der Waals surface area contributed by atoms with Gasteiger partial charge in [0.2, 0.25) is 0 Å². The highest BCUT2D eigenvalue weighted by atomic mass is 32.3. The molecule has 1 aliphatic rings. The number of methoxy groups -OCH3 is 1. The summed E-state index contributed by atoms with van der Waals surface area (Å²) < 4.78 is 40.9. The Morgan fingerprint density at radius 1 is 1.35 bits per heavy atom. The zero-order valence-electron chi connectivity index (χ0n) is 12.9. The van der Waals surface area contributed by atoms with Gasteiger partial charge in [-0.15, -0.1) is 8.98 Å². The molecule has 0 bridgehead atoms. The molecule has 0 unspecified atom stereocenters. The molecule has 1 aromatic heterocycles. The van der Waals surface area contributed by atoms with E-state index in [0.29, 0.717) is 0 Å². The fraction of sp³-hybridized carbons (Fsp3) is 0.571. The van der Waals surface area contributed by atoms with E-state index in [9.17, 15) is 12.3 Å². The lowest BCUT2D eigenvalue weighted by atomic mass is 10.1. The van der Waals surface area contributed by atoms with Crippen LogP contribution in [0.2, 0.25) is 0 Å². The number of halogens is 1. The van der Waals surface area contributed by atoms with Crippen molar-refractivity contribution in [1.82, 2.24) is 19.9 Å². The summed E-state index contributed by atoms with van der Waals surface area (Å²) in [7, 11) is -2.79. The molecular formula is C14H19FN4O3S. The van der Waals surface area contributed by atoms with E-state index in [0.717, 1.165) is 42.7 Å². The molecule has 7 nitrogen and oxygen atoms in total. The predicted molar refractivity (Wildman–Crippen MR) is 83.7 cm³/mol. The maximum atomic E-state index is 12.6. The molecule has 0 saturated carbocycles. The monoisotopic (exact) mass is 342 g/mol. The molecule has 23 heavy (non-hydrogen) atoms. The van der Waals surface area contributed by atoms with Crippen molar-refractivity contribution >= 4 is 21.3 Å². The molecule has 0 spiro atoms. The maximum Gasteiger partial charge on any atom is 0.303 e. The minimum atomic E-state index is -4.40. The molecule has 0 amide bonds. The molecule has 2 aromatic rings. The number of rotatable bonds is 5. The fourth-order valence-corrected chi connectivity index (χ4v) is 3.42. The van der Waals surface area contributed by atoms with Gasteiger partial charge in [-0.3, -0.25) is 0 Å². The number of fused-ring (bicyclic) bond motifs is 1. The number of benzene rings is 1. The van der Waals surface area contributed by atoms with Gasteiger partial charge in [0, 0.05) is 25.7 Å². The summed E-state index contributed by atoms with van der Waals surface area (Å²) in [6.45, 7) is 1.68. The third kappa shape index (κ3) is 3.78. The molecule has 9 heteroatoms. The molecule has 3 rings (SSSR count). The van der Waals surface area contributed by atoms with Gasteiger partial charge in [-0.05, 0) is 25.0 Å². The van der Waals surface area contributed by atoms with E-state index >= 15 is 0 Å². The van der Waals surface area contributed by atoms with Crippen LogP contribution in [-0.4, -0.2) is 60.8 Å². The number of aromatic nitrogens is 3. The van der Waals surface area contributed by atoms with Crippen molar-refractivity contribution in [3.05, 3.63) is 18.2 Å². The first-order valence-corrected chi connectivity index (χ1v) is 9.05. The van der Waals surface area contributed by atoms with Crippen molar-refractivity contribution in [2.75, 3.05) is 32.5 Å². The summed E-state index contributed by atoms with van der Waals surface area (Å²) in [6.07, 6.45) is 1.66. The highest BCUT2D eigenvalue weighted by Crippen LogP contribution is 2.27. The largest absolute Gasteiger partial charge is 0.497 e. The van der Waals surface area contributed by atoms with Crippen LogP contribution >= 0.6 is 0 Å².